The normalized spacial score (nSPS) is 17.1. The summed E-state index contributed by atoms with van der Waals surface area (Å²) in [6.07, 6.45) is -0.428. The van der Waals surface area contributed by atoms with Gasteiger partial charge in [-0.3, -0.25) is 4.79 Å². The van der Waals surface area contributed by atoms with Gasteiger partial charge < -0.3 is 10.1 Å². The van der Waals surface area contributed by atoms with Gasteiger partial charge in [-0.05, 0) is 28.6 Å². The Balaban J connectivity index is 1.57. The largest absolute Gasteiger partial charge is 0.448 e. The van der Waals surface area contributed by atoms with E-state index in [-0.39, 0.29) is 11.9 Å². The number of nitrogens with one attached hydrogen (secondary N) is 1. The van der Waals surface area contributed by atoms with Crippen LogP contribution >= 0.6 is 11.3 Å². The lowest BCUT2D eigenvalue weighted by atomic mass is 9.97. The van der Waals surface area contributed by atoms with Gasteiger partial charge in [0.25, 0.3) is 5.91 Å². The second kappa shape index (κ2) is 7.14. The first kappa shape index (κ1) is 16.5. The SMILES string of the molecule is O=C1O[C@H](C(=O)N[C@H](c2ccccc2)c2cccs2)Cc2ccccc21. The molecule has 4 rings (SSSR count). The Kier molecular flexibility index (Phi) is 4.54. The minimum atomic E-state index is -0.816. The fraction of sp³-hybridized carbons (Fsp3) is 0.143. The minimum Gasteiger partial charge on any atom is -0.448 e. The molecule has 1 aliphatic heterocycles. The molecule has 0 fully saturated rings. The zero-order valence-electron chi connectivity index (χ0n) is 13.9. The van der Waals surface area contributed by atoms with Gasteiger partial charge in [0.1, 0.15) is 0 Å². The summed E-state index contributed by atoms with van der Waals surface area (Å²) in [6, 6.07) is 20.7. The molecule has 2 atom stereocenters. The number of thiophene rings is 1. The van der Waals surface area contributed by atoms with E-state index < -0.39 is 12.1 Å². The number of rotatable bonds is 4. The summed E-state index contributed by atoms with van der Waals surface area (Å²) in [4.78, 5) is 26.1. The van der Waals surface area contributed by atoms with Crippen molar-refractivity contribution in [2.45, 2.75) is 18.6 Å². The summed E-state index contributed by atoms with van der Waals surface area (Å²) >= 11 is 1.58. The lowest BCUT2D eigenvalue weighted by Crippen LogP contribution is -2.43. The van der Waals surface area contributed by atoms with Gasteiger partial charge in [-0.2, -0.15) is 0 Å². The minimum absolute atomic E-state index is 0.264. The molecule has 2 aromatic carbocycles. The molecule has 1 aromatic heterocycles. The molecule has 0 bridgehead atoms. The third-order valence-corrected chi connectivity index (χ3v) is 5.37. The molecule has 1 aliphatic rings. The third kappa shape index (κ3) is 3.26. The molecular weight excluding hydrogens is 346 g/mol. The molecule has 0 radical (unpaired) electrons. The Morgan fingerprint density at radius 2 is 1.81 bits per heavy atom. The number of benzene rings is 2. The predicted molar refractivity (Wildman–Crippen MR) is 100 cm³/mol. The fourth-order valence-electron chi connectivity index (χ4n) is 3.13. The Bertz CT molecular complexity index is 921. The maximum Gasteiger partial charge on any atom is 0.339 e. The summed E-state index contributed by atoms with van der Waals surface area (Å²) in [6.45, 7) is 0. The van der Waals surface area contributed by atoms with Crippen molar-refractivity contribution in [1.29, 1.82) is 0 Å². The Morgan fingerprint density at radius 1 is 1.04 bits per heavy atom. The van der Waals surface area contributed by atoms with E-state index in [1.54, 1.807) is 23.5 Å². The van der Waals surface area contributed by atoms with Crippen LogP contribution in [0.2, 0.25) is 0 Å². The van der Waals surface area contributed by atoms with Crippen LogP contribution in [0.25, 0.3) is 0 Å². The zero-order valence-corrected chi connectivity index (χ0v) is 14.7. The van der Waals surface area contributed by atoms with E-state index in [4.69, 9.17) is 4.74 Å². The lowest BCUT2D eigenvalue weighted by molar-refractivity contribution is -0.130. The lowest BCUT2D eigenvalue weighted by Gasteiger charge is -2.26. The van der Waals surface area contributed by atoms with Gasteiger partial charge in [-0.25, -0.2) is 4.79 Å². The number of hydrogen-bond acceptors (Lipinski definition) is 4. The van der Waals surface area contributed by atoms with Crippen molar-refractivity contribution in [1.82, 2.24) is 5.32 Å². The molecule has 1 N–H and O–H groups in total. The number of hydrogen-bond donors (Lipinski definition) is 1. The van der Waals surface area contributed by atoms with Crippen LogP contribution in [0, 0.1) is 0 Å². The van der Waals surface area contributed by atoms with Gasteiger partial charge in [0.2, 0.25) is 0 Å². The smallest absolute Gasteiger partial charge is 0.339 e. The molecule has 4 nitrogen and oxygen atoms in total. The van der Waals surface area contributed by atoms with Crippen LogP contribution < -0.4 is 5.32 Å². The number of amides is 1. The second-order valence-corrected chi connectivity index (χ2v) is 7.10. The molecule has 0 saturated heterocycles. The van der Waals surface area contributed by atoms with Crippen LogP contribution in [0.3, 0.4) is 0 Å². The predicted octanol–water partition coefficient (Wildman–Crippen LogP) is 3.74. The summed E-state index contributed by atoms with van der Waals surface area (Å²) in [7, 11) is 0. The average Bonchev–Trinajstić information content (AvgIpc) is 3.21. The molecule has 3 aromatic rings. The van der Waals surface area contributed by atoms with Crippen LogP contribution in [-0.4, -0.2) is 18.0 Å². The first-order valence-electron chi connectivity index (χ1n) is 8.40. The molecule has 5 heteroatoms. The van der Waals surface area contributed by atoms with E-state index >= 15 is 0 Å². The van der Waals surface area contributed by atoms with Crippen LogP contribution in [-0.2, 0) is 16.0 Å². The van der Waals surface area contributed by atoms with Crippen LogP contribution in [0.1, 0.15) is 32.4 Å². The Labute approximate surface area is 155 Å². The number of esters is 1. The highest BCUT2D eigenvalue weighted by atomic mass is 32.1. The number of carbonyl (C=O) groups excluding carboxylic acids is 2. The number of fused-ring (bicyclic) bond motifs is 1. The molecule has 0 saturated carbocycles. The first-order valence-corrected chi connectivity index (χ1v) is 9.28. The van der Waals surface area contributed by atoms with Crippen molar-refractivity contribution in [3.63, 3.8) is 0 Å². The average molecular weight is 363 g/mol. The molecular formula is C21H17NO3S. The van der Waals surface area contributed by atoms with E-state index in [0.717, 1.165) is 16.0 Å². The van der Waals surface area contributed by atoms with E-state index in [9.17, 15) is 9.59 Å². The van der Waals surface area contributed by atoms with Gasteiger partial charge in [0.05, 0.1) is 11.6 Å². The van der Waals surface area contributed by atoms with Gasteiger partial charge in [-0.1, -0.05) is 54.6 Å². The van der Waals surface area contributed by atoms with Gasteiger partial charge in [0, 0.05) is 11.3 Å². The van der Waals surface area contributed by atoms with Crippen molar-refractivity contribution in [2.75, 3.05) is 0 Å². The molecule has 0 aliphatic carbocycles. The van der Waals surface area contributed by atoms with E-state index in [2.05, 4.69) is 5.32 Å². The van der Waals surface area contributed by atoms with Crippen molar-refractivity contribution >= 4 is 23.2 Å². The molecule has 130 valence electrons. The highest BCUT2D eigenvalue weighted by Crippen LogP contribution is 2.27. The zero-order chi connectivity index (χ0) is 17.9. The van der Waals surface area contributed by atoms with Crippen molar-refractivity contribution in [3.8, 4) is 0 Å². The van der Waals surface area contributed by atoms with Crippen LogP contribution in [0.15, 0.2) is 72.1 Å². The molecule has 0 unspecified atom stereocenters. The van der Waals surface area contributed by atoms with Gasteiger partial charge in [-0.15, -0.1) is 11.3 Å². The summed E-state index contributed by atoms with van der Waals surface area (Å²) < 4.78 is 5.38. The highest BCUT2D eigenvalue weighted by Gasteiger charge is 2.32. The van der Waals surface area contributed by atoms with Gasteiger partial charge in [0.15, 0.2) is 6.10 Å². The number of cyclic esters (lactones) is 1. The molecule has 2 heterocycles. The van der Waals surface area contributed by atoms with Crippen molar-refractivity contribution < 1.29 is 14.3 Å². The summed E-state index contributed by atoms with van der Waals surface area (Å²) in [5.74, 6) is -0.727. The highest BCUT2D eigenvalue weighted by molar-refractivity contribution is 7.10. The monoisotopic (exact) mass is 363 g/mol. The molecule has 0 spiro atoms. The maximum absolute atomic E-state index is 12.8. The number of carbonyl (C=O) groups is 2. The third-order valence-electron chi connectivity index (χ3n) is 4.43. The van der Waals surface area contributed by atoms with Crippen LogP contribution in [0.4, 0.5) is 0 Å². The maximum atomic E-state index is 12.8. The van der Waals surface area contributed by atoms with Crippen molar-refractivity contribution in [3.05, 3.63) is 93.7 Å². The number of ether oxygens (including phenoxy) is 1. The standard InChI is InChI=1S/C21H17NO3S/c23-20(17-13-15-9-4-5-10-16(15)21(24)25-17)22-19(18-11-6-12-26-18)14-7-2-1-3-8-14/h1-12,17,19H,13H2,(H,22,23)/t17-,19+/m0/s1. The fourth-order valence-corrected chi connectivity index (χ4v) is 3.94. The van der Waals surface area contributed by atoms with Crippen molar-refractivity contribution in [2.24, 2.45) is 0 Å². The topological polar surface area (TPSA) is 55.4 Å². The second-order valence-electron chi connectivity index (χ2n) is 6.12. The first-order chi connectivity index (χ1) is 12.7. The van der Waals surface area contributed by atoms with Gasteiger partial charge >= 0.3 is 5.97 Å². The summed E-state index contributed by atoms with van der Waals surface area (Å²) in [5, 5.41) is 5.03. The molecule has 26 heavy (non-hydrogen) atoms. The molecule has 1 amide bonds. The van der Waals surface area contributed by atoms with E-state index in [0.29, 0.717) is 12.0 Å². The summed E-state index contributed by atoms with van der Waals surface area (Å²) in [5.41, 5.74) is 2.37. The van der Waals surface area contributed by atoms with E-state index in [1.165, 1.54) is 0 Å². The van der Waals surface area contributed by atoms with Crippen LogP contribution in [0.5, 0.6) is 0 Å². The quantitative estimate of drug-likeness (QED) is 0.719. The Morgan fingerprint density at radius 3 is 2.58 bits per heavy atom. The Hall–Kier alpha value is -2.92. The van der Waals surface area contributed by atoms with E-state index in [1.807, 2.05) is 60.0 Å².